The normalized spacial score (nSPS) is 14.8. The molecule has 0 spiro atoms. The van der Waals surface area contributed by atoms with Gasteiger partial charge in [-0.1, -0.05) is 36.4 Å². The lowest BCUT2D eigenvalue weighted by molar-refractivity contribution is -0.128. The fourth-order valence-corrected chi connectivity index (χ4v) is 2.06. The number of unbranched alkanes of at least 4 members (excludes halogenated alkanes) is 1. The molecule has 2 atom stereocenters. The minimum Gasteiger partial charge on any atom is -0.345 e. The molecule has 0 radical (unpaired) electrons. The van der Waals surface area contributed by atoms with Crippen molar-refractivity contribution in [1.82, 2.24) is 5.32 Å². The molecule has 0 fully saturated rings. The summed E-state index contributed by atoms with van der Waals surface area (Å²) in [6.45, 7) is 5.34. The lowest BCUT2D eigenvalue weighted by atomic mass is 9.94. The Kier molecular flexibility index (Phi) is 6.82. The molecule has 0 aliphatic heterocycles. The summed E-state index contributed by atoms with van der Waals surface area (Å²) in [7, 11) is 0. The maximum Gasteiger partial charge on any atom is 0.240 e. The number of amides is 1. The van der Waals surface area contributed by atoms with Crippen LogP contribution in [0, 0.1) is 0 Å². The molecule has 0 saturated heterocycles. The highest BCUT2D eigenvalue weighted by molar-refractivity contribution is 5.87. The average Bonchev–Trinajstić information content (AvgIpc) is 2.47. The number of carbonyl (C=O) groups is 2. The predicted molar refractivity (Wildman–Crippen MR) is 84.8 cm³/mol. The van der Waals surface area contributed by atoms with Crippen LogP contribution in [0.5, 0.6) is 0 Å². The molecule has 1 rings (SSSR count). The van der Waals surface area contributed by atoms with Crippen molar-refractivity contribution < 1.29 is 9.59 Å². The van der Waals surface area contributed by atoms with Crippen molar-refractivity contribution >= 4 is 12.2 Å². The highest BCUT2D eigenvalue weighted by atomic mass is 16.2. The predicted octanol–water partition coefficient (Wildman–Crippen LogP) is 1.99. The summed E-state index contributed by atoms with van der Waals surface area (Å²) < 4.78 is 0. The molecule has 21 heavy (non-hydrogen) atoms. The number of rotatable bonds is 9. The lowest BCUT2D eigenvalue weighted by Crippen LogP contribution is -2.54. The van der Waals surface area contributed by atoms with Gasteiger partial charge in [-0.2, -0.15) is 0 Å². The van der Waals surface area contributed by atoms with Crippen LogP contribution in [0.15, 0.2) is 43.0 Å². The van der Waals surface area contributed by atoms with Gasteiger partial charge in [-0.05, 0) is 38.2 Å². The van der Waals surface area contributed by atoms with E-state index >= 15 is 0 Å². The van der Waals surface area contributed by atoms with E-state index < -0.39 is 11.6 Å². The van der Waals surface area contributed by atoms with Gasteiger partial charge in [-0.25, -0.2) is 0 Å². The second-order valence-electron chi connectivity index (χ2n) is 5.50. The second-order valence-corrected chi connectivity index (χ2v) is 5.50. The number of hydrogen-bond donors (Lipinski definition) is 2. The van der Waals surface area contributed by atoms with Crippen LogP contribution in [-0.4, -0.2) is 23.8 Å². The highest BCUT2D eigenvalue weighted by Crippen LogP contribution is 2.12. The van der Waals surface area contributed by atoms with E-state index in [1.54, 1.807) is 13.0 Å². The van der Waals surface area contributed by atoms with Crippen LogP contribution in [0.1, 0.15) is 31.7 Å². The van der Waals surface area contributed by atoms with Crippen molar-refractivity contribution in [3.8, 4) is 0 Å². The van der Waals surface area contributed by atoms with E-state index in [0.29, 0.717) is 12.8 Å². The quantitative estimate of drug-likeness (QED) is 0.414. The van der Waals surface area contributed by atoms with Gasteiger partial charge >= 0.3 is 0 Å². The molecule has 0 aliphatic carbocycles. The van der Waals surface area contributed by atoms with Gasteiger partial charge in [-0.3, -0.25) is 4.79 Å². The van der Waals surface area contributed by atoms with Gasteiger partial charge in [0.2, 0.25) is 5.91 Å². The summed E-state index contributed by atoms with van der Waals surface area (Å²) in [5.74, 6) is -0.292. The molecular weight excluding hydrogens is 264 g/mol. The number of allylic oxidation sites excluding steroid dienone is 1. The largest absolute Gasteiger partial charge is 0.345 e. The third-order valence-corrected chi connectivity index (χ3v) is 3.40. The Hall–Kier alpha value is -1.94. The van der Waals surface area contributed by atoms with E-state index in [0.717, 1.165) is 24.7 Å². The highest BCUT2D eigenvalue weighted by Gasteiger charge is 2.29. The summed E-state index contributed by atoms with van der Waals surface area (Å²) in [5.41, 5.74) is 6.06. The van der Waals surface area contributed by atoms with Crippen LogP contribution in [0.25, 0.3) is 0 Å². The number of aldehydes is 1. The van der Waals surface area contributed by atoms with Crippen LogP contribution in [0.4, 0.5) is 0 Å². The van der Waals surface area contributed by atoms with E-state index in [1.807, 2.05) is 30.3 Å². The Bertz CT molecular complexity index is 469. The molecule has 1 aromatic carbocycles. The minimum atomic E-state index is -0.971. The molecule has 0 aromatic heterocycles. The first kappa shape index (κ1) is 17.1. The smallest absolute Gasteiger partial charge is 0.240 e. The first-order chi connectivity index (χ1) is 9.99. The zero-order chi connectivity index (χ0) is 15.7. The summed E-state index contributed by atoms with van der Waals surface area (Å²) in [6, 6.07) is 9.02. The summed E-state index contributed by atoms with van der Waals surface area (Å²) >= 11 is 0. The molecule has 0 unspecified atom stereocenters. The Morgan fingerprint density at radius 1 is 1.43 bits per heavy atom. The van der Waals surface area contributed by atoms with Crippen molar-refractivity contribution in [2.45, 2.75) is 44.2 Å². The second kappa shape index (κ2) is 8.37. The van der Waals surface area contributed by atoms with Gasteiger partial charge in [-0.15, -0.1) is 6.58 Å². The maximum absolute atomic E-state index is 12.2. The summed E-state index contributed by atoms with van der Waals surface area (Å²) in [4.78, 5) is 23.4. The van der Waals surface area contributed by atoms with E-state index in [2.05, 4.69) is 11.9 Å². The molecule has 0 heterocycles. The Morgan fingerprint density at radius 2 is 2.10 bits per heavy atom. The van der Waals surface area contributed by atoms with Crippen molar-refractivity contribution in [3.05, 3.63) is 48.6 Å². The number of benzene rings is 1. The molecule has 0 aliphatic rings. The number of nitrogens with one attached hydrogen (secondary N) is 1. The molecular formula is C17H24N2O2. The standard InChI is InChI=1S/C17H24N2O2/c1-3-4-8-11-17(2,18)16(21)19-15(13-20)12-14-9-6-5-7-10-14/h3,5-7,9-10,13,15H,1,4,8,11-12,18H2,2H3,(H,19,21)/t15-,17-/m0/s1. The van der Waals surface area contributed by atoms with Gasteiger partial charge < -0.3 is 15.8 Å². The number of hydrogen-bond acceptors (Lipinski definition) is 3. The van der Waals surface area contributed by atoms with Gasteiger partial charge in [0.25, 0.3) is 0 Å². The van der Waals surface area contributed by atoms with E-state index in [4.69, 9.17) is 5.73 Å². The van der Waals surface area contributed by atoms with Gasteiger partial charge in [0.05, 0.1) is 11.6 Å². The van der Waals surface area contributed by atoms with E-state index in [9.17, 15) is 9.59 Å². The van der Waals surface area contributed by atoms with Gasteiger partial charge in [0, 0.05) is 0 Å². The van der Waals surface area contributed by atoms with Crippen molar-refractivity contribution in [2.75, 3.05) is 0 Å². The van der Waals surface area contributed by atoms with Crippen LogP contribution in [0.2, 0.25) is 0 Å². The number of nitrogens with two attached hydrogens (primary N) is 1. The molecule has 1 amide bonds. The fraction of sp³-hybridized carbons (Fsp3) is 0.412. The molecule has 3 N–H and O–H groups in total. The Labute approximate surface area is 126 Å². The van der Waals surface area contributed by atoms with Crippen molar-refractivity contribution in [3.63, 3.8) is 0 Å². The molecule has 4 heteroatoms. The molecule has 0 bridgehead atoms. The summed E-state index contributed by atoms with van der Waals surface area (Å²) in [6.07, 6.45) is 5.21. The van der Waals surface area contributed by atoms with E-state index in [1.165, 1.54) is 0 Å². The third kappa shape index (κ3) is 5.92. The zero-order valence-electron chi connectivity index (χ0n) is 12.5. The molecule has 4 nitrogen and oxygen atoms in total. The first-order valence-electron chi connectivity index (χ1n) is 7.19. The van der Waals surface area contributed by atoms with Gasteiger partial charge in [0.1, 0.15) is 6.29 Å². The lowest BCUT2D eigenvalue weighted by Gasteiger charge is -2.25. The molecule has 0 saturated carbocycles. The zero-order valence-corrected chi connectivity index (χ0v) is 12.5. The maximum atomic E-state index is 12.2. The summed E-state index contributed by atoms with van der Waals surface area (Å²) in [5, 5.41) is 2.72. The topological polar surface area (TPSA) is 72.2 Å². The minimum absolute atomic E-state index is 0.292. The van der Waals surface area contributed by atoms with Crippen LogP contribution < -0.4 is 11.1 Å². The average molecular weight is 288 g/mol. The van der Waals surface area contributed by atoms with E-state index in [-0.39, 0.29) is 5.91 Å². The monoisotopic (exact) mass is 288 g/mol. The SMILES string of the molecule is C=CCCC[C@](C)(N)C(=O)N[C@H](C=O)Cc1ccccc1. The van der Waals surface area contributed by atoms with Crippen molar-refractivity contribution in [2.24, 2.45) is 5.73 Å². The van der Waals surface area contributed by atoms with Crippen molar-refractivity contribution in [1.29, 1.82) is 0 Å². The molecule has 114 valence electrons. The van der Waals surface area contributed by atoms with Crippen LogP contribution in [-0.2, 0) is 16.0 Å². The third-order valence-electron chi connectivity index (χ3n) is 3.40. The Balaban J connectivity index is 2.57. The van der Waals surface area contributed by atoms with Crippen LogP contribution in [0.3, 0.4) is 0 Å². The first-order valence-corrected chi connectivity index (χ1v) is 7.19. The number of carbonyl (C=O) groups excluding carboxylic acids is 2. The van der Waals surface area contributed by atoms with Crippen LogP contribution >= 0.6 is 0 Å². The Morgan fingerprint density at radius 3 is 2.67 bits per heavy atom. The molecule has 1 aromatic rings. The van der Waals surface area contributed by atoms with Gasteiger partial charge in [0.15, 0.2) is 0 Å². The fourth-order valence-electron chi connectivity index (χ4n) is 2.06.